The summed E-state index contributed by atoms with van der Waals surface area (Å²) in [6, 6.07) is 6.47. The number of nitrogens with one attached hydrogen (secondary N) is 1. The number of allylic oxidation sites excluding steroid dienone is 1. The van der Waals surface area contributed by atoms with Crippen LogP contribution in [0.3, 0.4) is 0 Å². The van der Waals surface area contributed by atoms with Crippen LogP contribution in [0, 0.1) is 0 Å². The average Bonchev–Trinajstić information content (AvgIpc) is 2.29. The zero-order valence-corrected chi connectivity index (χ0v) is 9.76. The predicted octanol–water partition coefficient (Wildman–Crippen LogP) is 3.09. The Morgan fingerprint density at radius 3 is 2.28 bits per heavy atom. The summed E-state index contributed by atoms with van der Waals surface area (Å²) in [5.74, 6) is 0. The van der Waals surface area contributed by atoms with Crippen LogP contribution in [0.15, 0.2) is 42.2 Å². The van der Waals surface area contributed by atoms with Gasteiger partial charge in [0.05, 0.1) is 0 Å². The zero-order valence-electron chi connectivity index (χ0n) is 9.00. The molecular weight excluding hydrogens is 267 g/mol. The van der Waals surface area contributed by atoms with Crippen molar-refractivity contribution in [1.29, 1.82) is 0 Å². The van der Waals surface area contributed by atoms with E-state index in [1.54, 1.807) is 24.3 Å². The summed E-state index contributed by atoms with van der Waals surface area (Å²) in [5.41, 5.74) is 0.00394. The molecule has 1 aromatic carbocycles. The third kappa shape index (κ3) is 2.68. The van der Waals surface area contributed by atoms with Crippen molar-refractivity contribution in [2.75, 3.05) is 0 Å². The van der Waals surface area contributed by atoms with E-state index in [4.69, 9.17) is 11.6 Å². The van der Waals surface area contributed by atoms with Gasteiger partial charge in [-0.2, -0.15) is 13.2 Å². The molecule has 2 N–H and O–H groups in total. The lowest BCUT2D eigenvalue weighted by atomic mass is 9.98. The van der Waals surface area contributed by atoms with Crippen LogP contribution in [-0.4, -0.2) is 17.4 Å². The number of halogens is 4. The highest BCUT2D eigenvalue weighted by Crippen LogP contribution is 2.30. The van der Waals surface area contributed by atoms with Gasteiger partial charge in [-0.05, 0) is 23.8 Å². The molecule has 1 atom stereocenters. The Morgan fingerprint density at radius 2 is 1.78 bits per heavy atom. The van der Waals surface area contributed by atoms with Gasteiger partial charge >= 0.3 is 6.18 Å². The maximum atomic E-state index is 12.4. The van der Waals surface area contributed by atoms with Crippen molar-refractivity contribution in [1.82, 2.24) is 5.32 Å². The van der Waals surface area contributed by atoms with Crippen molar-refractivity contribution in [2.24, 2.45) is 0 Å². The highest BCUT2D eigenvalue weighted by molar-refractivity contribution is 6.30. The maximum absolute atomic E-state index is 12.4. The minimum atomic E-state index is -4.50. The molecule has 2 nitrogen and oxygen atoms in total. The van der Waals surface area contributed by atoms with E-state index in [1.165, 1.54) is 0 Å². The van der Waals surface area contributed by atoms with Crippen LogP contribution in [0.25, 0.3) is 5.57 Å². The highest BCUT2D eigenvalue weighted by atomic mass is 35.5. The van der Waals surface area contributed by atoms with Gasteiger partial charge in [0.2, 0.25) is 0 Å². The number of dihydropyridines is 1. The fraction of sp³-hybridized carbons (Fsp3) is 0.167. The third-order valence-electron chi connectivity index (χ3n) is 2.51. The van der Waals surface area contributed by atoms with E-state index in [0.717, 1.165) is 12.3 Å². The molecule has 0 unspecified atom stereocenters. The molecule has 18 heavy (non-hydrogen) atoms. The lowest BCUT2D eigenvalue weighted by molar-refractivity contribution is -0.0964. The number of hydrogen-bond acceptors (Lipinski definition) is 2. The molecule has 0 aromatic heterocycles. The highest BCUT2D eigenvalue weighted by Gasteiger charge is 2.36. The minimum absolute atomic E-state index is 0.361. The number of hydrogen-bond donors (Lipinski definition) is 2. The molecule has 1 aliphatic heterocycles. The van der Waals surface area contributed by atoms with Crippen LogP contribution in [0.2, 0.25) is 5.02 Å². The zero-order chi connectivity index (χ0) is 13.3. The molecule has 0 aliphatic carbocycles. The van der Waals surface area contributed by atoms with E-state index < -0.39 is 18.0 Å². The van der Waals surface area contributed by atoms with Gasteiger partial charge in [0.1, 0.15) is 11.8 Å². The van der Waals surface area contributed by atoms with Gasteiger partial charge in [-0.15, -0.1) is 0 Å². The van der Waals surface area contributed by atoms with Gasteiger partial charge in [0.15, 0.2) is 0 Å². The van der Waals surface area contributed by atoms with Crippen LogP contribution in [0.1, 0.15) is 5.56 Å². The Balaban J connectivity index is 2.24. The summed E-state index contributed by atoms with van der Waals surface area (Å²) in [4.78, 5) is 0. The van der Waals surface area contributed by atoms with Crippen LogP contribution in [0.4, 0.5) is 13.2 Å². The summed E-state index contributed by atoms with van der Waals surface area (Å²) < 4.78 is 37.2. The molecule has 0 saturated carbocycles. The van der Waals surface area contributed by atoms with Crippen molar-refractivity contribution >= 4 is 17.2 Å². The van der Waals surface area contributed by atoms with Crippen LogP contribution < -0.4 is 5.32 Å². The fourth-order valence-electron chi connectivity index (χ4n) is 1.61. The van der Waals surface area contributed by atoms with E-state index in [1.807, 2.05) is 0 Å². The van der Waals surface area contributed by atoms with Crippen molar-refractivity contribution in [3.63, 3.8) is 0 Å². The van der Waals surface area contributed by atoms with Gasteiger partial charge in [0.25, 0.3) is 0 Å². The number of aliphatic hydroxyl groups is 1. The van der Waals surface area contributed by atoms with Crippen molar-refractivity contribution in [3.8, 4) is 0 Å². The second-order valence-corrected chi connectivity index (χ2v) is 4.21. The number of benzene rings is 1. The molecule has 0 bridgehead atoms. The summed E-state index contributed by atoms with van der Waals surface area (Å²) in [6.07, 6.45) is -3.91. The second-order valence-electron chi connectivity index (χ2n) is 3.77. The Labute approximate surface area is 106 Å². The lowest BCUT2D eigenvalue weighted by Crippen LogP contribution is -2.29. The average molecular weight is 276 g/mol. The summed E-state index contributed by atoms with van der Waals surface area (Å²) in [6.45, 7) is 0. The molecule has 1 aliphatic rings. The summed E-state index contributed by atoms with van der Waals surface area (Å²) in [7, 11) is 0. The third-order valence-corrected chi connectivity index (χ3v) is 2.76. The van der Waals surface area contributed by atoms with Crippen molar-refractivity contribution in [2.45, 2.75) is 12.3 Å². The molecule has 1 aromatic rings. The molecule has 1 heterocycles. The van der Waals surface area contributed by atoms with E-state index in [9.17, 15) is 18.3 Å². The molecule has 96 valence electrons. The summed E-state index contributed by atoms with van der Waals surface area (Å²) in [5, 5.41) is 12.4. The van der Waals surface area contributed by atoms with Gasteiger partial charge in [-0.3, -0.25) is 0 Å². The monoisotopic (exact) mass is 275 g/mol. The van der Waals surface area contributed by atoms with E-state index in [0.29, 0.717) is 16.2 Å². The Morgan fingerprint density at radius 1 is 1.17 bits per heavy atom. The smallest absolute Gasteiger partial charge is 0.384 e. The van der Waals surface area contributed by atoms with Crippen molar-refractivity contribution < 1.29 is 18.3 Å². The lowest BCUT2D eigenvalue weighted by Gasteiger charge is -2.22. The second kappa shape index (κ2) is 4.66. The van der Waals surface area contributed by atoms with E-state index in [2.05, 4.69) is 5.32 Å². The van der Waals surface area contributed by atoms with Gasteiger partial charge in [0, 0.05) is 16.8 Å². The molecule has 0 radical (unpaired) electrons. The predicted molar refractivity (Wildman–Crippen MR) is 62.7 cm³/mol. The normalized spacial score (nSPS) is 19.9. The number of aliphatic hydroxyl groups excluding tert-OH is 1. The van der Waals surface area contributed by atoms with E-state index in [-0.39, 0.29) is 0 Å². The SMILES string of the molecule is O[C@@H]1C=C(C(F)(F)F)NC=C1c1ccc(Cl)cc1. The number of alkyl halides is 3. The first-order valence-corrected chi connectivity index (χ1v) is 5.45. The largest absolute Gasteiger partial charge is 0.431 e. The maximum Gasteiger partial charge on any atom is 0.431 e. The van der Waals surface area contributed by atoms with Crippen molar-refractivity contribution in [3.05, 3.63) is 52.8 Å². The van der Waals surface area contributed by atoms with Crippen LogP contribution >= 0.6 is 11.6 Å². The Kier molecular flexibility index (Phi) is 3.36. The van der Waals surface area contributed by atoms with Crippen LogP contribution in [0.5, 0.6) is 0 Å². The molecule has 0 amide bonds. The minimum Gasteiger partial charge on any atom is -0.384 e. The van der Waals surface area contributed by atoms with Gasteiger partial charge < -0.3 is 10.4 Å². The molecule has 0 spiro atoms. The summed E-state index contributed by atoms with van der Waals surface area (Å²) >= 11 is 5.71. The fourth-order valence-corrected chi connectivity index (χ4v) is 1.74. The standard InChI is InChI=1S/C12H9ClF3NO/c13-8-3-1-7(2-4-8)9-6-17-11(5-10(9)18)12(14,15)16/h1-6,10,17-18H/t10-/m1/s1. The van der Waals surface area contributed by atoms with Crippen LogP contribution in [-0.2, 0) is 0 Å². The molecular formula is C12H9ClF3NO. The molecule has 6 heteroatoms. The Bertz CT molecular complexity index is 505. The first kappa shape index (κ1) is 13.0. The first-order valence-electron chi connectivity index (χ1n) is 5.07. The van der Waals surface area contributed by atoms with Gasteiger partial charge in [-0.25, -0.2) is 0 Å². The molecule has 0 saturated heterocycles. The first-order chi connectivity index (χ1) is 8.38. The van der Waals surface area contributed by atoms with E-state index >= 15 is 0 Å². The quantitative estimate of drug-likeness (QED) is 0.825. The molecule has 0 fully saturated rings. The topological polar surface area (TPSA) is 32.3 Å². The number of rotatable bonds is 1. The van der Waals surface area contributed by atoms with Gasteiger partial charge in [-0.1, -0.05) is 23.7 Å². The molecule has 2 rings (SSSR count). The Hall–Kier alpha value is -1.46.